The van der Waals surface area contributed by atoms with E-state index in [9.17, 15) is 4.39 Å². The molecule has 0 spiro atoms. The van der Waals surface area contributed by atoms with Crippen LogP contribution in [0.25, 0.3) is 10.6 Å². The fourth-order valence-electron chi connectivity index (χ4n) is 4.41. The molecule has 0 aliphatic carbocycles. The van der Waals surface area contributed by atoms with Crippen LogP contribution in [0.4, 0.5) is 10.3 Å². The molecule has 4 heterocycles. The van der Waals surface area contributed by atoms with Crippen molar-refractivity contribution in [1.29, 1.82) is 0 Å². The van der Waals surface area contributed by atoms with Crippen LogP contribution in [0.3, 0.4) is 0 Å². The highest BCUT2D eigenvalue weighted by molar-refractivity contribution is 6.48. The lowest BCUT2D eigenvalue weighted by Crippen LogP contribution is -2.34. The first-order valence-electron chi connectivity index (χ1n) is 11.0. The SMILES string of the molecule is C=C1CCN(c2ncc(CN3CCCC3)cn2)C/C1=C(/C)C(=C)c1cc[nH]c1/C(Cl)=C\F. The minimum atomic E-state index is 0.0236. The lowest BCUT2D eigenvalue weighted by Gasteiger charge is -2.32. The summed E-state index contributed by atoms with van der Waals surface area (Å²) in [7, 11) is 0. The zero-order valence-corrected chi connectivity index (χ0v) is 19.3. The normalized spacial score (nSPS) is 19.5. The van der Waals surface area contributed by atoms with Gasteiger partial charge in [-0.15, -0.1) is 0 Å². The first kappa shape index (κ1) is 22.5. The fraction of sp³-hybridized carbons (Fsp3) is 0.360. The Morgan fingerprint density at radius 1 is 1.25 bits per heavy atom. The van der Waals surface area contributed by atoms with Crippen molar-refractivity contribution in [3.63, 3.8) is 0 Å². The maximum atomic E-state index is 13.0. The zero-order valence-electron chi connectivity index (χ0n) is 18.5. The van der Waals surface area contributed by atoms with Gasteiger partial charge in [0, 0.05) is 49.4 Å². The minimum absolute atomic E-state index is 0.0236. The average Bonchev–Trinajstić information content (AvgIpc) is 3.51. The van der Waals surface area contributed by atoms with Crippen LogP contribution in [0, 0.1) is 0 Å². The third-order valence-electron chi connectivity index (χ3n) is 6.35. The molecular formula is C25H29ClFN5. The van der Waals surface area contributed by atoms with Gasteiger partial charge in [0.15, 0.2) is 0 Å². The number of aromatic nitrogens is 3. The molecule has 1 N–H and O–H groups in total. The fourth-order valence-corrected chi connectivity index (χ4v) is 4.56. The number of rotatable bonds is 6. The first-order valence-corrected chi connectivity index (χ1v) is 11.3. The first-order chi connectivity index (χ1) is 15.5. The molecule has 0 unspecified atom stereocenters. The summed E-state index contributed by atoms with van der Waals surface area (Å²) < 4.78 is 13.0. The lowest BCUT2D eigenvalue weighted by molar-refractivity contribution is 0.330. The topological polar surface area (TPSA) is 48.1 Å². The molecule has 4 rings (SSSR count). The number of nitrogens with zero attached hydrogens (tertiary/aromatic N) is 4. The summed E-state index contributed by atoms with van der Waals surface area (Å²) in [4.78, 5) is 16.9. The molecule has 0 atom stereocenters. The molecule has 2 aromatic heterocycles. The number of halogens is 2. The van der Waals surface area contributed by atoms with Gasteiger partial charge in [-0.1, -0.05) is 24.8 Å². The molecule has 2 aliphatic rings. The number of likely N-dealkylation sites (tertiary alicyclic amines) is 1. The van der Waals surface area contributed by atoms with Crippen molar-refractivity contribution in [2.45, 2.75) is 32.7 Å². The minimum Gasteiger partial charge on any atom is -0.360 e. The molecule has 0 bridgehead atoms. The van der Waals surface area contributed by atoms with E-state index in [1.54, 1.807) is 6.20 Å². The summed E-state index contributed by atoms with van der Waals surface area (Å²) in [6.07, 6.45) is 9.38. The average molecular weight is 454 g/mol. The molecule has 2 aromatic rings. The Labute approximate surface area is 194 Å². The van der Waals surface area contributed by atoms with Gasteiger partial charge < -0.3 is 9.88 Å². The summed E-state index contributed by atoms with van der Waals surface area (Å²) in [5.41, 5.74) is 6.44. The van der Waals surface area contributed by atoms with E-state index < -0.39 is 0 Å². The highest BCUT2D eigenvalue weighted by atomic mass is 35.5. The van der Waals surface area contributed by atoms with Crippen LogP contribution in [-0.4, -0.2) is 46.0 Å². The standard InChI is InChI=1S/C25H29ClFN5/c1-17-7-11-32(25-29-13-20(14-30-25)15-31-9-4-5-10-31)16-22(17)19(3)18(2)21-6-8-28-24(21)23(26)12-27/h6,8,12-14,28H,1-2,4-5,7,9-11,15-16H2,3H3/b22-19+,23-12+. The quantitative estimate of drug-likeness (QED) is 0.609. The second-order valence-corrected chi connectivity index (χ2v) is 8.86. The summed E-state index contributed by atoms with van der Waals surface area (Å²) in [6.45, 7) is 15.3. The lowest BCUT2D eigenvalue weighted by atomic mass is 9.89. The van der Waals surface area contributed by atoms with Crippen molar-refractivity contribution >= 4 is 28.2 Å². The second-order valence-electron chi connectivity index (χ2n) is 8.46. The summed E-state index contributed by atoms with van der Waals surface area (Å²) in [5, 5.41) is 0.0236. The van der Waals surface area contributed by atoms with E-state index in [2.05, 4.69) is 37.9 Å². The number of hydrogen-bond donors (Lipinski definition) is 1. The van der Waals surface area contributed by atoms with E-state index in [0.29, 0.717) is 18.6 Å². The molecule has 2 saturated heterocycles. The van der Waals surface area contributed by atoms with Crippen LogP contribution in [0.2, 0.25) is 0 Å². The second kappa shape index (κ2) is 9.84. The van der Waals surface area contributed by atoms with Gasteiger partial charge in [-0.3, -0.25) is 4.90 Å². The van der Waals surface area contributed by atoms with Crippen LogP contribution in [-0.2, 0) is 6.54 Å². The monoisotopic (exact) mass is 453 g/mol. The Morgan fingerprint density at radius 2 is 1.97 bits per heavy atom. The number of piperidine rings is 1. The summed E-state index contributed by atoms with van der Waals surface area (Å²) >= 11 is 6.02. The number of anilines is 1. The van der Waals surface area contributed by atoms with Gasteiger partial charge in [-0.25, -0.2) is 14.4 Å². The number of aromatic amines is 1. The van der Waals surface area contributed by atoms with Gasteiger partial charge >= 0.3 is 0 Å². The van der Waals surface area contributed by atoms with E-state index in [4.69, 9.17) is 11.6 Å². The van der Waals surface area contributed by atoms with Crippen LogP contribution >= 0.6 is 11.6 Å². The van der Waals surface area contributed by atoms with Crippen molar-refractivity contribution in [2.75, 3.05) is 31.1 Å². The van der Waals surface area contributed by atoms with Gasteiger partial charge in [-0.2, -0.15) is 0 Å². The van der Waals surface area contributed by atoms with E-state index in [-0.39, 0.29) is 5.03 Å². The van der Waals surface area contributed by atoms with Crippen molar-refractivity contribution in [2.24, 2.45) is 0 Å². The predicted molar refractivity (Wildman–Crippen MR) is 130 cm³/mol. The van der Waals surface area contributed by atoms with E-state index in [1.807, 2.05) is 25.4 Å². The van der Waals surface area contributed by atoms with Gasteiger partial charge in [0.05, 0.1) is 10.7 Å². The number of H-pyrrole nitrogens is 1. The van der Waals surface area contributed by atoms with E-state index >= 15 is 0 Å². The van der Waals surface area contributed by atoms with Crippen molar-refractivity contribution in [1.82, 2.24) is 19.9 Å². The van der Waals surface area contributed by atoms with E-state index in [0.717, 1.165) is 72.0 Å². The molecule has 2 fully saturated rings. The highest BCUT2D eigenvalue weighted by Crippen LogP contribution is 2.35. The maximum absolute atomic E-state index is 13.0. The molecule has 7 heteroatoms. The molecule has 168 valence electrons. The Hall–Kier alpha value is -2.70. The van der Waals surface area contributed by atoms with Crippen molar-refractivity contribution in [3.05, 3.63) is 77.7 Å². The number of hydrogen-bond acceptors (Lipinski definition) is 4. The van der Waals surface area contributed by atoms with Crippen LogP contribution < -0.4 is 4.90 Å². The maximum Gasteiger partial charge on any atom is 0.225 e. The third kappa shape index (κ3) is 4.71. The Balaban J connectivity index is 1.52. The number of nitrogens with one attached hydrogen (secondary N) is 1. The van der Waals surface area contributed by atoms with Gasteiger partial charge in [-0.05, 0) is 67.6 Å². The van der Waals surface area contributed by atoms with Gasteiger partial charge in [0.25, 0.3) is 0 Å². The molecular weight excluding hydrogens is 425 g/mol. The Kier molecular flexibility index (Phi) is 6.92. The van der Waals surface area contributed by atoms with Crippen LogP contribution in [0.5, 0.6) is 0 Å². The van der Waals surface area contributed by atoms with Gasteiger partial charge in [0.1, 0.15) is 6.33 Å². The predicted octanol–water partition coefficient (Wildman–Crippen LogP) is 5.70. The van der Waals surface area contributed by atoms with Crippen molar-refractivity contribution in [3.8, 4) is 0 Å². The zero-order chi connectivity index (χ0) is 22.7. The number of allylic oxidation sites excluding steroid dienone is 2. The largest absolute Gasteiger partial charge is 0.360 e. The summed E-state index contributed by atoms with van der Waals surface area (Å²) in [6, 6.07) is 1.86. The van der Waals surface area contributed by atoms with Crippen molar-refractivity contribution < 1.29 is 4.39 Å². The molecule has 0 radical (unpaired) electrons. The van der Waals surface area contributed by atoms with Crippen LogP contribution in [0.1, 0.15) is 43.0 Å². The molecule has 0 aromatic carbocycles. The summed E-state index contributed by atoms with van der Waals surface area (Å²) in [5.74, 6) is 0.726. The smallest absolute Gasteiger partial charge is 0.225 e. The molecule has 0 amide bonds. The third-order valence-corrected chi connectivity index (χ3v) is 6.62. The Bertz CT molecular complexity index is 1060. The van der Waals surface area contributed by atoms with Gasteiger partial charge in [0.2, 0.25) is 5.95 Å². The van der Waals surface area contributed by atoms with Crippen LogP contribution in [0.15, 0.2) is 60.9 Å². The molecule has 2 aliphatic heterocycles. The highest BCUT2D eigenvalue weighted by Gasteiger charge is 2.23. The molecule has 32 heavy (non-hydrogen) atoms. The Morgan fingerprint density at radius 3 is 2.66 bits per heavy atom. The molecule has 5 nitrogen and oxygen atoms in total. The van der Waals surface area contributed by atoms with E-state index in [1.165, 1.54) is 12.8 Å². The molecule has 0 saturated carbocycles.